The zero-order valence-electron chi connectivity index (χ0n) is 11.9. The molecule has 1 amide bonds. The first kappa shape index (κ1) is 17.2. The van der Waals surface area contributed by atoms with Crippen LogP contribution < -0.4 is 5.73 Å². The van der Waals surface area contributed by atoms with Gasteiger partial charge in [0.1, 0.15) is 5.60 Å². The predicted octanol–water partition coefficient (Wildman–Crippen LogP) is 1.73. The van der Waals surface area contributed by atoms with Crippen LogP contribution in [-0.2, 0) is 4.74 Å². The standard InChI is InChI=1S/C13H28N2O3/c1-13(2,3)18-12(17)15(10-8-14)9-6-4-5-7-11-16/h16H,4-11,14H2,1-3H3. The molecule has 0 atom stereocenters. The highest BCUT2D eigenvalue weighted by Gasteiger charge is 2.21. The minimum Gasteiger partial charge on any atom is -0.444 e. The summed E-state index contributed by atoms with van der Waals surface area (Å²) >= 11 is 0. The zero-order valence-corrected chi connectivity index (χ0v) is 11.9. The third-order valence-corrected chi connectivity index (χ3v) is 2.39. The van der Waals surface area contributed by atoms with Gasteiger partial charge >= 0.3 is 6.09 Å². The minimum atomic E-state index is -0.471. The Morgan fingerprint density at radius 1 is 1.17 bits per heavy atom. The van der Waals surface area contributed by atoms with Crippen molar-refractivity contribution in [2.24, 2.45) is 5.73 Å². The van der Waals surface area contributed by atoms with Gasteiger partial charge in [0.2, 0.25) is 0 Å². The van der Waals surface area contributed by atoms with Gasteiger partial charge in [-0.3, -0.25) is 0 Å². The van der Waals surface area contributed by atoms with Gasteiger partial charge in [0.05, 0.1) is 0 Å². The van der Waals surface area contributed by atoms with E-state index >= 15 is 0 Å². The van der Waals surface area contributed by atoms with E-state index in [9.17, 15) is 4.79 Å². The highest BCUT2D eigenvalue weighted by molar-refractivity contribution is 5.68. The zero-order chi connectivity index (χ0) is 14.0. The van der Waals surface area contributed by atoms with Crippen molar-refractivity contribution in [2.75, 3.05) is 26.2 Å². The number of unbranched alkanes of at least 4 members (excludes halogenated alkanes) is 3. The van der Waals surface area contributed by atoms with Gasteiger partial charge in [-0.15, -0.1) is 0 Å². The fraction of sp³-hybridized carbons (Fsp3) is 0.923. The Balaban J connectivity index is 4.01. The molecule has 0 saturated heterocycles. The molecule has 0 saturated carbocycles. The molecule has 5 nitrogen and oxygen atoms in total. The number of carbonyl (C=O) groups is 1. The van der Waals surface area contributed by atoms with Gasteiger partial charge in [-0.25, -0.2) is 4.79 Å². The van der Waals surface area contributed by atoms with Crippen LogP contribution in [0.4, 0.5) is 4.79 Å². The average Bonchev–Trinajstić information content (AvgIpc) is 2.25. The normalized spacial score (nSPS) is 11.4. The maximum atomic E-state index is 11.9. The van der Waals surface area contributed by atoms with E-state index in [-0.39, 0.29) is 12.7 Å². The molecule has 0 aromatic rings. The van der Waals surface area contributed by atoms with E-state index in [2.05, 4.69) is 0 Å². The third-order valence-electron chi connectivity index (χ3n) is 2.39. The number of carbonyl (C=O) groups excluding carboxylic acids is 1. The number of hydrogen-bond donors (Lipinski definition) is 2. The Hall–Kier alpha value is -0.810. The molecule has 0 aromatic carbocycles. The maximum Gasteiger partial charge on any atom is 0.410 e. The lowest BCUT2D eigenvalue weighted by Gasteiger charge is -2.27. The van der Waals surface area contributed by atoms with Gasteiger partial charge in [-0.05, 0) is 33.6 Å². The van der Waals surface area contributed by atoms with Crippen molar-refractivity contribution in [1.29, 1.82) is 0 Å². The van der Waals surface area contributed by atoms with Gasteiger partial charge in [0.15, 0.2) is 0 Å². The second-order valence-electron chi connectivity index (χ2n) is 5.39. The van der Waals surface area contributed by atoms with E-state index < -0.39 is 5.60 Å². The number of aliphatic hydroxyl groups excluding tert-OH is 1. The summed E-state index contributed by atoms with van der Waals surface area (Å²) in [5.74, 6) is 0. The van der Waals surface area contributed by atoms with Gasteiger partial charge in [-0.2, -0.15) is 0 Å². The van der Waals surface area contributed by atoms with Crippen LogP contribution in [0.25, 0.3) is 0 Å². The first-order valence-corrected chi connectivity index (χ1v) is 6.69. The molecule has 0 aliphatic carbocycles. The summed E-state index contributed by atoms with van der Waals surface area (Å²) < 4.78 is 5.32. The largest absolute Gasteiger partial charge is 0.444 e. The van der Waals surface area contributed by atoms with Crippen LogP contribution in [0.1, 0.15) is 46.5 Å². The van der Waals surface area contributed by atoms with E-state index in [1.54, 1.807) is 4.90 Å². The molecule has 0 spiro atoms. The summed E-state index contributed by atoms with van der Waals surface area (Å²) in [4.78, 5) is 13.5. The van der Waals surface area contributed by atoms with Crippen molar-refractivity contribution in [3.05, 3.63) is 0 Å². The fourth-order valence-electron chi connectivity index (χ4n) is 1.54. The van der Waals surface area contributed by atoms with Crippen molar-refractivity contribution < 1.29 is 14.6 Å². The molecule has 3 N–H and O–H groups in total. The summed E-state index contributed by atoms with van der Waals surface area (Å²) in [7, 11) is 0. The van der Waals surface area contributed by atoms with Crippen LogP contribution in [-0.4, -0.2) is 47.9 Å². The second kappa shape index (κ2) is 9.16. The molecule has 0 heterocycles. The molecule has 0 aliphatic heterocycles. The molecule has 0 fully saturated rings. The number of amides is 1. The number of nitrogens with two attached hydrogens (primary N) is 1. The molecule has 0 aromatic heterocycles. The maximum absolute atomic E-state index is 11.9. The van der Waals surface area contributed by atoms with E-state index in [4.69, 9.17) is 15.6 Å². The molecule has 5 heteroatoms. The number of aliphatic hydroxyl groups is 1. The highest BCUT2D eigenvalue weighted by Crippen LogP contribution is 2.10. The smallest absolute Gasteiger partial charge is 0.410 e. The van der Waals surface area contributed by atoms with Crippen LogP contribution in [0.15, 0.2) is 0 Å². The molecule has 0 rings (SSSR count). The first-order chi connectivity index (χ1) is 8.40. The van der Waals surface area contributed by atoms with E-state index in [1.165, 1.54) is 0 Å². The van der Waals surface area contributed by atoms with Crippen LogP contribution in [0, 0.1) is 0 Å². The van der Waals surface area contributed by atoms with Crippen molar-refractivity contribution in [3.63, 3.8) is 0 Å². The summed E-state index contributed by atoms with van der Waals surface area (Å²) in [6, 6.07) is 0. The molecular formula is C13H28N2O3. The van der Waals surface area contributed by atoms with E-state index in [0.29, 0.717) is 19.6 Å². The lowest BCUT2D eigenvalue weighted by molar-refractivity contribution is 0.0252. The molecule has 0 unspecified atom stereocenters. The number of rotatable bonds is 8. The van der Waals surface area contributed by atoms with Gasteiger partial charge in [0, 0.05) is 26.2 Å². The SMILES string of the molecule is CC(C)(C)OC(=O)N(CCN)CCCCCCO. The first-order valence-electron chi connectivity index (χ1n) is 6.69. The molecular weight excluding hydrogens is 232 g/mol. The Morgan fingerprint density at radius 3 is 2.28 bits per heavy atom. The summed E-state index contributed by atoms with van der Waals surface area (Å²) in [5.41, 5.74) is 5.03. The Bertz CT molecular complexity index is 227. The monoisotopic (exact) mass is 260 g/mol. The van der Waals surface area contributed by atoms with E-state index in [1.807, 2.05) is 20.8 Å². The van der Waals surface area contributed by atoms with Crippen LogP contribution >= 0.6 is 0 Å². The van der Waals surface area contributed by atoms with Crippen molar-refractivity contribution >= 4 is 6.09 Å². The molecule has 0 aliphatic rings. The Morgan fingerprint density at radius 2 is 1.78 bits per heavy atom. The third kappa shape index (κ3) is 9.24. The summed E-state index contributed by atoms with van der Waals surface area (Å²) in [5, 5.41) is 8.67. The van der Waals surface area contributed by atoms with Crippen LogP contribution in [0.2, 0.25) is 0 Å². The molecule has 108 valence electrons. The van der Waals surface area contributed by atoms with Gasteiger partial charge in [-0.1, -0.05) is 12.8 Å². The Labute approximate surface area is 110 Å². The second-order valence-corrected chi connectivity index (χ2v) is 5.39. The number of ether oxygens (including phenoxy) is 1. The fourth-order valence-corrected chi connectivity index (χ4v) is 1.54. The predicted molar refractivity (Wildman–Crippen MR) is 72.4 cm³/mol. The number of hydrogen-bond acceptors (Lipinski definition) is 4. The summed E-state index contributed by atoms with van der Waals surface area (Å²) in [6.07, 6.45) is 3.43. The van der Waals surface area contributed by atoms with Crippen molar-refractivity contribution in [3.8, 4) is 0 Å². The highest BCUT2D eigenvalue weighted by atomic mass is 16.6. The minimum absolute atomic E-state index is 0.235. The van der Waals surface area contributed by atoms with Gasteiger partial charge < -0.3 is 20.5 Å². The molecule has 0 radical (unpaired) electrons. The Kier molecular flexibility index (Phi) is 8.75. The number of nitrogens with zero attached hydrogens (tertiary/aromatic N) is 1. The average molecular weight is 260 g/mol. The molecule has 0 bridgehead atoms. The molecule has 18 heavy (non-hydrogen) atoms. The topological polar surface area (TPSA) is 75.8 Å². The quantitative estimate of drug-likeness (QED) is 0.652. The van der Waals surface area contributed by atoms with Gasteiger partial charge in [0.25, 0.3) is 0 Å². The van der Waals surface area contributed by atoms with Crippen molar-refractivity contribution in [2.45, 2.75) is 52.1 Å². The van der Waals surface area contributed by atoms with E-state index in [0.717, 1.165) is 25.7 Å². The summed E-state index contributed by atoms with van der Waals surface area (Å²) in [6.45, 7) is 7.42. The lowest BCUT2D eigenvalue weighted by Crippen LogP contribution is -2.40. The van der Waals surface area contributed by atoms with Crippen LogP contribution in [0.5, 0.6) is 0 Å². The lowest BCUT2D eigenvalue weighted by atomic mass is 10.2. The van der Waals surface area contributed by atoms with Crippen LogP contribution in [0.3, 0.4) is 0 Å². The van der Waals surface area contributed by atoms with Crippen molar-refractivity contribution in [1.82, 2.24) is 4.90 Å².